The van der Waals surface area contributed by atoms with E-state index >= 15 is 0 Å². The van der Waals surface area contributed by atoms with Gasteiger partial charge in [0.1, 0.15) is 0 Å². The van der Waals surface area contributed by atoms with Crippen molar-refractivity contribution in [2.45, 2.75) is 17.7 Å². The number of hydrogen-bond donors (Lipinski definition) is 1. The molecule has 0 bridgehead atoms. The molecule has 0 spiro atoms. The van der Waals surface area contributed by atoms with E-state index in [0.717, 1.165) is 12.8 Å². The highest BCUT2D eigenvalue weighted by molar-refractivity contribution is 7.89. The van der Waals surface area contributed by atoms with Crippen LogP contribution in [0.3, 0.4) is 0 Å². The minimum Gasteiger partial charge on any atom is -0.493 e. The molecular formula is C24H23N3O7S. The number of carbonyl (C=O) groups is 2. The lowest BCUT2D eigenvalue weighted by molar-refractivity contribution is 0.0696. The summed E-state index contributed by atoms with van der Waals surface area (Å²) < 4.78 is 42.5. The third-order valence-corrected chi connectivity index (χ3v) is 7.19. The number of methoxy groups -OCH3 is 1. The van der Waals surface area contributed by atoms with Gasteiger partial charge in [0.2, 0.25) is 15.8 Å². The van der Waals surface area contributed by atoms with Crippen molar-refractivity contribution >= 4 is 28.1 Å². The molecule has 10 nitrogen and oxygen atoms in total. The summed E-state index contributed by atoms with van der Waals surface area (Å²) in [4.78, 5) is 24.7. The van der Waals surface area contributed by atoms with Crippen molar-refractivity contribution in [3.05, 3.63) is 77.7 Å². The van der Waals surface area contributed by atoms with Crippen molar-refractivity contribution in [2.75, 3.05) is 20.2 Å². The van der Waals surface area contributed by atoms with Crippen LogP contribution in [-0.4, -0.2) is 51.0 Å². The SMILES string of the molecule is COc1cc(C=NNC(=O)c2cccc(S(=O)(=O)N3CCCC3)c2)ccc1OC(=O)c1ccco1. The van der Waals surface area contributed by atoms with Crippen LogP contribution in [0.25, 0.3) is 0 Å². The van der Waals surface area contributed by atoms with Crippen LogP contribution in [0.2, 0.25) is 0 Å². The van der Waals surface area contributed by atoms with Gasteiger partial charge in [0.05, 0.1) is 24.5 Å². The average Bonchev–Trinajstić information content (AvgIpc) is 3.60. The maximum absolute atomic E-state index is 12.7. The molecule has 1 saturated heterocycles. The minimum atomic E-state index is -3.63. The van der Waals surface area contributed by atoms with Crippen LogP contribution < -0.4 is 14.9 Å². The van der Waals surface area contributed by atoms with E-state index in [1.807, 2.05) is 0 Å². The van der Waals surface area contributed by atoms with Gasteiger partial charge < -0.3 is 13.9 Å². The number of amides is 1. The van der Waals surface area contributed by atoms with Gasteiger partial charge in [0.15, 0.2) is 11.5 Å². The second-order valence-electron chi connectivity index (χ2n) is 7.62. The number of carbonyl (C=O) groups excluding carboxylic acids is 2. The van der Waals surface area contributed by atoms with Crippen molar-refractivity contribution in [3.63, 3.8) is 0 Å². The molecule has 182 valence electrons. The summed E-state index contributed by atoms with van der Waals surface area (Å²) in [5.41, 5.74) is 3.11. The first-order valence-corrected chi connectivity index (χ1v) is 12.2. The van der Waals surface area contributed by atoms with Gasteiger partial charge in [-0.05, 0) is 66.9 Å². The van der Waals surface area contributed by atoms with E-state index in [1.54, 1.807) is 18.2 Å². The Morgan fingerprint density at radius 3 is 2.57 bits per heavy atom. The molecule has 1 N–H and O–H groups in total. The Balaban J connectivity index is 1.42. The molecule has 0 radical (unpaired) electrons. The molecule has 1 aliphatic heterocycles. The molecule has 1 fully saturated rings. The third-order valence-electron chi connectivity index (χ3n) is 5.29. The molecule has 0 saturated carbocycles. The van der Waals surface area contributed by atoms with E-state index < -0.39 is 21.9 Å². The van der Waals surface area contributed by atoms with Gasteiger partial charge in [-0.15, -0.1) is 0 Å². The van der Waals surface area contributed by atoms with Crippen molar-refractivity contribution in [1.82, 2.24) is 9.73 Å². The molecule has 4 rings (SSSR count). The molecule has 11 heteroatoms. The zero-order chi connectivity index (χ0) is 24.8. The predicted octanol–water partition coefficient (Wildman–Crippen LogP) is 3.06. The van der Waals surface area contributed by atoms with Gasteiger partial charge in [-0.2, -0.15) is 9.41 Å². The fourth-order valence-electron chi connectivity index (χ4n) is 3.50. The summed E-state index contributed by atoms with van der Waals surface area (Å²) in [5.74, 6) is -0.713. The first-order valence-electron chi connectivity index (χ1n) is 10.8. The number of hydrazone groups is 1. The molecule has 0 aliphatic carbocycles. The smallest absolute Gasteiger partial charge is 0.379 e. The maximum atomic E-state index is 12.7. The monoisotopic (exact) mass is 497 g/mol. The average molecular weight is 498 g/mol. The number of sulfonamides is 1. The predicted molar refractivity (Wildman–Crippen MR) is 126 cm³/mol. The molecule has 1 aromatic heterocycles. The van der Waals surface area contributed by atoms with Crippen LogP contribution >= 0.6 is 0 Å². The Morgan fingerprint density at radius 2 is 1.86 bits per heavy atom. The summed E-state index contributed by atoms with van der Waals surface area (Å²) in [6.07, 6.45) is 4.40. The van der Waals surface area contributed by atoms with E-state index in [4.69, 9.17) is 13.9 Å². The number of benzene rings is 2. The van der Waals surface area contributed by atoms with Crippen LogP contribution in [0.4, 0.5) is 0 Å². The lowest BCUT2D eigenvalue weighted by Gasteiger charge is -2.15. The Morgan fingerprint density at radius 1 is 1.06 bits per heavy atom. The molecule has 2 heterocycles. The third kappa shape index (κ3) is 5.58. The zero-order valence-corrected chi connectivity index (χ0v) is 19.7. The van der Waals surface area contributed by atoms with Crippen LogP contribution in [0, 0.1) is 0 Å². The molecule has 0 atom stereocenters. The van der Waals surface area contributed by atoms with Crippen molar-refractivity contribution in [3.8, 4) is 11.5 Å². The van der Waals surface area contributed by atoms with Gasteiger partial charge in [-0.25, -0.2) is 18.6 Å². The Labute approximate surface area is 202 Å². The first kappa shape index (κ1) is 24.2. The standard InChI is InChI=1S/C24H23N3O7S/c1-32-22-14-17(9-10-20(22)34-24(29)21-8-5-13-33-21)16-25-26-23(28)18-6-4-7-19(15-18)35(30,31)27-11-2-3-12-27/h4-10,13-16H,2-3,11-12H2,1H3,(H,26,28). The molecule has 3 aromatic rings. The van der Waals surface area contributed by atoms with Crippen LogP contribution in [0.1, 0.15) is 39.3 Å². The fourth-order valence-corrected chi connectivity index (χ4v) is 5.06. The Kier molecular flexibility index (Phi) is 7.28. The minimum absolute atomic E-state index is 0.0534. The fraction of sp³-hybridized carbons (Fsp3) is 0.208. The van der Waals surface area contributed by atoms with Crippen molar-refractivity contribution in [1.29, 1.82) is 0 Å². The molecule has 35 heavy (non-hydrogen) atoms. The van der Waals surface area contributed by atoms with Gasteiger partial charge in [0.25, 0.3) is 5.91 Å². The number of rotatable bonds is 8. The second kappa shape index (κ2) is 10.5. The van der Waals surface area contributed by atoms with Crippen LogP contribution in [0.15, 0.2) is 75.3 Å². The summed E-state index contributed by atoms with van der Waals surface area (Å²) in [6, 6.07) is 13.6. The van der Waals surface area contributed by atoms with E-state index in [-0.39, 0.29) is 27.7 Å². The number of furan rings is 1. The maximum Gasteiger partial charge on any atom is 0.379 e. The summed E-state index contributed by atoms with van der Waals surface area (Å²) in [7, 11) is -2.21. The van der Waals surface area contributed by atoms with Crippen molar-refractivity contribution in [2.24, 2.45) is 5.10 Å². The van der Waals surface area contributed by atoms with E-state index in [0.29, 0.717) is 18.7 Å². The lowest BCUT2D eigenvalue weighted by atomic mass is 10.2. The number of nitrogens with one attached hydrogen (secondary N) is 1. The first-order chi connectivity index (χ1) is 16.9. The highest BCUT2D eigenvalue weighted by Crippen LogP contribution is 2.28. The molecular weight excluding hydrogens is 474 g/mol. The summed E-state index contributed by atoms with van der Waals surface area (Å²) in [5, 5.41) is 3.93. The second-order valence-corrected chi connectivity index (χ2v) is 9.55. The normalized spacial score (nSPS) is 14.2. The Bertz CT molecular complexity index is 1350. The summed E-state index contributed by atoms with van der Waals surface area (Å²) in [6.45, 7) is 0.959. The number of esters is 1. The van der Waals surface area contributed by atoms with E-state index in [2.05, 4.69) is 10.5 Å². The number of nitrogens with zero attached hydrogens (tertiary/aromatic N) is 2. The van der Waals surface area contributed by atoms with Crippen molar-refractivity contribution < 1.29 is 31.9 Å². The van der Waals surface area contributed by atoms with E-state index in [9.17, 15) is 18.0 Å². The van der Waals surface area contributed by atoms with Gasteiger partial charge >= 0.3 is 5.97 Å². The van der Waals surface area contributed by atoms with Crippen LogP contribution in [-0.2, 0) is 10.0 Å². The molecule has 1 aliphatic rings. The van der Waals surface area contributed by atoms with Gasteiger partial charge in [0, 0.05) is 18.7 Å². The van der Waals surface area contributed by atoms with Crippen LogP contribution in [0.5, 0.6) is 11.5 Å². The van der Waals surface area contributed by atoms with Gasteiger partial charge in [-0.3, -0.25) is 4.79 Å². The molecule has 2 aromatic carbocycles. The summed E-state index contributed by atoms with van der Waals surface area (Å²) >= 11 is 0. The largest absolute Gasteiger partial charge is 0.493 e. The number of ether oxygens (including phenoxy) is 2. The molecule has 1 amide bonds. The molecule has 0 unspecified atom stereocenters. The zero-order valence-electron chi connectivity index (χ0n) is 18.8. The highest BCUT2D eigenvalue weighted by atomic mass is 32.2. The van der Waals surface area contributed by atoms with Gasteiger partial charge in [-0.1, -0.05) is 6.07 Å². The number of hydrogen-bond acceptors (Lipinski definition) is 8. The quantitative estimate of drug-likeness (QED) is 0.219. The highest BCUT2D eigenvalue weighted by Gasteiger charge is 2.27. The Hall–Kier alpha value is -3.96. The lowest BCUT2D eigenvalue weighted by Crippen LogP contribution is -2.28. The topological polar surface area (TPSA) is 128 Å². The van der Waals surface area contributed by atoms with E-state index in [1.165, 1.54) is 60.3 Å².